The van der Waals surface area contributed by atoms with Gasteiger partial charge in [0.05, 0.1) is 18.5 Å². The zero-order chi connectivity index (χ0) is 10.5. The predicted molar refractivity (Wildman–Crippen MR) is 52.5 cm³/mol. The number of nitrogens with zero attached hydrogens (tertiary/aromatic N) is 2. The van der Waals surface area contributed by atoms with Crippen LogP contribution in [0.2, 0.25) is 0 Å². The highest BCUT2D eigenvalue weighted by Crippen LogP contribution is 2.38. The highest BCUT2D eigenvalue weighted by Gasteiger charge is 2.47. The quantitative estimate of drug-likeness (QED) is 0.736. The van der Waals surface area contributed by atoms with E-state index < -0.39 is 6.67 Å². The van der Waals surface area contributed by atoms with E-state index in [1.165, 1.54) is 0 Å². The summed E-state index contributed by atoms with van der Waals surface area (Å²) in [7, 11) is 0. The van der Waals surface area contributed by atoms with Gasteiger partial charge in [-0.15, -0.1) is 0 Å². The Bertz CT molecular complexity index is 386. The molecule has 0 saturated carbocycles. The molecule has 2 aliphatic rings. The van der Waals surface area contributed by atoms with Crippen LogP contribution in [0.3, 0.4) is 0 Å². The molecule has 15 heavy (non-hydrogen) atoms. The van der Waals surface area contributed by atoms with E-state index in [1.807, 2.05) is 6.92 Å². The number of fused-ring (bicyclic) bond motifs is 2. The van der Waals surface area contributed by atoms with Crippen LogP contribution in [-0.4, -0.2) is 36.2 Å². The highest BCUT2D eigenvalue weighted by molar-refractivity contribution is 5.29. The zero-order valence-electron chi connectivity index (χ0n) is 8.66. The van der Waals surface area contributed by atoms with Gasteiger partial charge in [0.15, 0.2) is 0 Å². The smallest absolute Gasteiger partial charge is 0.135 e. The Morgan fingerprint density at radius 1 is 1.73 bits per heavy atom. The molecule has 0 aliphatic carbocycles. The molecule has 4 nitrogen and oxygen atoms in total. The third-order valence-corrected chi connectivity index (χ3v) is 3.31. The van der Waals surface area contributed by atoms with Gasteiger partial charge in [-0.25, -0.2) is 4.39 Å². The number of ether oxygens (including phenoxy) is 1. The van der Waals surface area contributed by atoms with E-state index >= 15 is 0 Å². The maximum absolute atomic E-state index is 12.8. The molecule has 0 radical (unpaired) electrons. The molecule has 0 aromatic carbocycles. The summed E-state index contributed by atoms with van der Waals surface area (Å²) in [4.78, 5) is 0. The zero-order valence-corrected chi connectivity index (χ0v) is 8.66. The lowest BCUT2D eigenvalue weighted by atomic mass is 9.88. The summed E-state index contributed by atoms with van der Waals surface area (Å²) < 4.78 is 20.4. The fraction of sp³-hybridized carbons (Fsp3) is 0.700. The Morgan fingerprint density at radius 2 is 2.53 bits per heavy atom. The molecular formula is C10H14FN3O. The van der Waals surface area contributed by atoms with Crippen LogP contribution in [0.1, 0.15) is 17.3 Å². The number of alkyl halides is 1. The summed E-state index contributed by atoms with van der Waals surface area (Å²) in [5, 5.41) is 7.46. The largest absolute Gasteiger partial charge is 0.364 e. The summed E-state index contributed by atoms with van der Waals surface area (Å²) in [6.07, 6.45) is 1.80. The Hall–Kier alpha value is -0.940. The van der Waals surface area contributed by atoms with Crippen LogP contribution in [0.5, 0.6) is 0 Å². The number of halogens is 1. The van der Waals surface area contributed by atoms with Crippen LogP contribution in [0.4, 0.5) is 4.39 Å². The third-order valence-electron chi connectivity index (χ3n) is 3.31. The van der Waals surface area contributed by atoms with Crippen molar-refractivity contribution in [3.63, 3.8) is 0 Å². The predicted octanol–water partition coefficient (Wildman–Crippen LogP) is 0.531. The average molecular weight is 211 g/mol. The van der Waals surface area contributed by atoms with Crippen molar-refractivity contribution in [3.8, 4) is 0 Å². The Morgan fingerprint density at radius 3 is 3.13 bits per heavy atom. The molecule has 1 fully saturated rings. The van der Waals surface area contributed by atoms with Gasteiger partial charge in [-0.2, -0.15) is 5.10 Å². The normalized spacial score (nSPS) is 27.5. The van der Waals surface area contributed by atoms with Crippen molar-refractivity contribution >= 4 is 0 Å². The molecule has 3 heterocycles. The molecule has 3 rings (SSSR count). The molecule has 82 valence electrons. The highest BCUT2D eigenvalue weighted by atomic mass is 19.1. The topological polar surface area (TPSA) is 39.1 Å². The number of aromatic nitrogens is 2. The van der Waals surface area contributed by atoms with Gasteiger partial charge in [0.2, 0.25) is 0 Å². The molecule has 1 spiro atoms. The van der Waals surface area contributed by atoms with Crippen molar-refractivity contribution in [3.05, 3.63) is 17.5 Å². The second-order valence-corrected chi connectivity index (χ2v) is 4.34. The Kier molecular flexibility index (Phi) is 1.87. The molecule has 0 bridgehead atoms. The Labute approximate surface area is 87.4 Å². The first-order valence-corrected chi connectivity index (χ1v) is 5.22. The van der Waals surface area contributed by atoms with Gasteiger partial charge in [-0.3, -0.25) is 4.68 Å². The summed E-state index contributed by atoms with van der Waals surface area (Å²) >= 11 is 0. The monoisotopic (exact) mass is 211 g/mol. The molecule has 2 aliphatic heterocycles. The summed E-state index contributed by atoms with van der Waals surface area (Å²) in [6.45, 7) is 3.61. The van der Waals surface area contributed by atoms with Crippen LogP contribution in [-0.2, 0) is 10.3 Å². The van der Waals surface area contributed by atoms with Crippen molar-refractivity contribution in [1.29, 1.82) is 0 Å². The Balaban J connectivity index is 2.09. The number of nitrogens with one attached hydrogen (secondary N) is 1. The number of rotatable bonds is 1. The molecule has 0 amide bonds. The van der Waals surface area contributed by atoms with Crippen molar-refractivity contribution in [1.82, 2.24) is 15.1 Å². The molecule has 1 aromatic heterocycles. The van der Waals surface area contributed by atoms with E-state index in [1.54, 1.807) is 10.9 Å². The van der Waals surface area contributed by atoms with Crippen molar-refractivity contribution < 1.29 is 9.13 Å². The number of aryl methyl sites for hydroxylation is 1. The van der Waals surface area contributed by atoms with E-state index in [0.717, 1.165) is 24.3 Å². The SMILES string of the molecule is Cc1cnn2c1C1(CNC1)OC[C@@H]2CF. The van der Waals surface area contributed by atoms with E-state index in [2.05, 4.69) is 10.4 Å². The fourth-order valence-electron chi connectivity index (χ4n) is 2.42. The van der Waals surface area contributed by atoms with Gasteiger partial charge in [0.25, 0.3) is 0 Å². The van der Waals surface area contributed by atoms with Gasteiger partial charge in [-0.05, 0) is 12.5 Å². The molecule has 0 unspecified atom stereocenters. The maximum atomic E-state index is 12.8. The van der Waals surface area contributed by atoms with Crippen LogP contribution in [0.15, 0.2) is 6.20 Å². The molecule has 1 N–H and O–H groups in total. The summed E-state index contributed by atoms with van der Waals surface area (Å²) in [6, 6.07) is -0.250. The standard InChI is InChI=1S/C10H14FN3O/c1-7-3-13-14-8(2-11)4-15-10(9(7)14)5-12-6-10/h3,8,12H,2,4-6H2,1H3/t8-/m0/s1. The fourth-order valence-corrected chi connectivity index (χ4v) is 2.42. The van der Waals surface area contributed by atoms with E-state index in [0.29, 0.717) is 6.61 Å². The van der Waals surface area contributed by atoms with Crippen molar-refractivity contribution in [2.45, 2.75) is 18.6 Å². The number of hydrogen-bond donors (Lipinski definition) is 1. The minimum absolute atomic E-state index is 0.244. The van der Waals surface area contributed by atoms with Crippen molar-refractivity contribution in [2.75, 3.05) is 26.4 Å². The van der Waals surface area contributed by atoms with Crippen LogP contribution >= 0.6 is 0 Å². The first kappa shape index (κ1) is 9.30. The van der Waals surface area contributed by atoms with Crippen molar-refractivity contribution in [2.24, 2.45) is 0 Å². The van der Waals surface area contributed by atoms with Crippen LogP contribution in [0, 0.1) is 6.92 Å². The van der Waals surface area contributed by atoms with E-state index in [9.17, 15) is 4.39 Å². The van der Waals surface area contributed by atoms with E-state index in [-0.39, 0.29) is 11.6 Å². The van der Waals surface area contributed by atoms with Gasteiger partial charge < -0.3 is 10.1 Å². The second kappa shape index (κ2) is 3.02. The molecule has 1 aromatic rings. The molecule has 1 saturated heterocycles. The average Bonchev–Trinajstić information content (AvgIpc) is 2.58. The first-order valence-electron chi connectivity index (χ1n) is 5.22. The minimum Gasteiger partial charge on any atom is -0.364 e. The maximum Gasteiger partial charge on any atom is 0.135 e. The van der Waals surface area contributed by atoms with E-state index in [4.69, 9.17) is 4.74 Å². The van der Waals surface area contributed by atoms with Gasteiger partial charge in [0.1, 0.15) is 18.3 Å². The lowest BCUT2D eigenvalue weighted by Gasteiger charge is -2.47. The van der Waals surface area contributed by atoms with Crippen LogP contribution in [0.25, 0.3) is 0 Å². The first-order chi connectivity index (χ1) is 7.27. The number of hydrogen-bond acceptors (Lipinski definition) is 3. The van der Waals surface area contributed by atoms with Gasteiger partial charge >= 0.3 is 0 Å². The third kappa shape index (κ3) is 1.10. The molecule has 5 heteroatoms. The van der Waals surface area contributed by atoms with Gasteiger partial charge in [-0.1, -0.05) is 0 Å². The summed E-state index contributed by atoms with van der Waals surface area (Å²) in [5.74, 6) is 0. The molecular weight excluding hydrogens is 197 g/mol. The second-order valence-electron chi connectivity index (χ2n) is 4.34. The van der Waals surface area contributed by atoms with Gasteiger partial charge in [0, 0.05) is 13.1 Å². The lowest BCUT2D eigenvalue weighted by Crippen LogP contribution is -2.62. The molecule has 1 atom stereocenters. The summed E-state index contributed by atoms with van der Waals surface area (Å²) in [5.41, 5.74) is 1.90. The van der Waals surface area contributed by atoms with Crippen LogP contribution < -0.4 is 5.32 Å². The lowest BCUT2D eigenvalue weighted by molar-refractivity contribution is -0.127. The minimum atomic E-state index is -0.419.